The summed E-state index contributed by atoms with van der Waals surface area (Å²) in [4.78, 5) is 12.2. The number of hydrogen-bond acceptors (Lipinski definition) is 2. The van der Waals surface area contributed by atoms with E-state index in [2.05, 4.69) is 37.9 Å². The molecule has 0 heterocycles. The zero-order chi connectivity index (χ0) is 12.9. The molecule has 3 unspecified atom stereocenters. The summed E-state index contributed by atoms with van der Waals surface area (Å²) in [6, 6.07) is 0. The molecule has 0 amide bonds. The molecule has 3 aliphatic rings. The van der Waals surface area contributed by atoms with E-state index in [0.29, 0.717) is 4.48 Å². The lowest BCUT2D eigenvalue weighted by atomic mass is 9.70. The molecule has 0 radical (unpaired) electrons. The maximum Gasteiger partial charge on any atom is 0.166 e. The summed E-state index contributed by atoms with van der Waals surface area (Å²) < 4.78 is 1.44. The van der Waals surface area contributed by atoms with Gasteiger partial charge in [-0.15, -0.1) is 0 Å². The number of allylic oxidation sites excluding steroid dienone is 8. The third kappa shape index (κ3) is 1.75. The number of fused-ring (bicyclic) bond motifs is 3. The quantitative estimate of drug-likeness (QED) is 0.712. The third-order valence-corrected chi connectivity index (χ3v) is 5.58. The molecule has 0 aromatic carbocycles. The Labute approximate surface area is 122 Å². The Balaban J connectivity index is 2.16. The summed E-state index contributed by atoms with van der Waals surface area (Å²) in [5.41, 5.74) is 1.95. The SMILES string of the molecule is O=C1C=C2C=CC=CC2C2=CC(Br)=C(Br)C(O)C12. The van der Waals surface area contributed by atoms with Crippen LogP contribution < -0.4 is 0 Å². The summed E-state index contributed by atoms with van der Waals surface area (Å²) in [5.74, 6) is -0.400. The molecule has 92 valence electrons. The lowest BCUT2D eigenvalue weighted by molar-refractivity contribution is -0.119. The van der Waals surface area contributed by atoms with Crippen LogP contribution in [0.2, 0.25) is 0 Å². The Morgan fingerprint density at radius 2 is 1.94 bits per heavy atom. The predicted octanol–water partition coefficient (Wildman–Crippen LogP) is 3.16. The van der Waals surface area contributed by atoms with Crippen molar-refractivity contribution in [1.29, 1.82) is 0 Å². The highest BCUT2D eigenvalue weighted by molar-refractivity contribution is 9.14. The third-order valence-electron chi connectivity index (χ3n) is 3.49. The van der Waals surface area contributed by atoms with Crippen LogP contribution in [0.5, 0.6) is 0 Å². The van der Waals surface area contributed by atoms with Gasteiger partial charge in [0.15, 0.2) is 5.78 Å². The van der Waals surface area contributed by atoms with Crippen molar-refractivity contribution >= 4 is 37.6 Å². The van der Waals surface area contributed by atoms with Crippen LogP contribution in [0.15, 0.2) is 56.6 Å². The maximum atomic E-state index is 12.2. The predicted molar refractivity (Wildman–Crippen MR) is 77.3 cm³/mol. The van der Waals surface area contributed by atoms with Gasteiger partial charge in [-0.2, -0.15) is 0 Å². The standard InChI is InChI=1S/C14H10Br2O2/c15-10-6-9-8-4-2-1-3-7(8)5-11(17)12(9)14(18)13(10)16/h1-6,8,12,14,18H. The Kier molecular flexibility index (Phi) is 3.04. The zero-order valence-electron chi connectivity index (χ0n) is 9.31. The van der Waals surface area contributed by atoms with Crippen LogP contribution in [0, 0.1) is 11.8 Å². The largest absolute Gasteiger partial charge is 0.387 e. The molecule has 0 bridgehead atoms. The van der Waals surface area contributed by atoms with Crippen molar-refractivity contribution < 1.29 is 9.90 Å². The van der Waals surface area contributed by atoms with E-state index in [4.69, 9.17) is 0 Å². The van der Waals surface area contributed by atoms with E-state index in [1.54, 1.807) is 6.08 Å². The summed E-state index contributed by atoms with van der Waals surface area (Å²) in [7, 11) is 0. The van der Waals surface area contributed by atoms with Crippen LogP contribution in [0.3, 0.4) is 0 Å². The number of hydrogen-bond donors (Lipinski definition) is 1. The van der Waals surface area contributed by atoms with Gasteiger partial charge in [0.05, 0.1) is 5.92 Å². The van der Waals surface area contributed by atoms with Gasteiger partial charge in [0.2, 0.25) is 0 Å². The van der Waals surface area contributed by atoms with Crippen LogP contribution in [0.1, 0.15) is 0 Å². The average Bonchev–Trinajstić information content (AvgIpc) is 2.35. The van der Waals surface area contributed by atoms with Gasteiger partial charge < -0.3 is 5.11 Å². The monoisotopic (exact) mass is 368 g/mol. The first-order valence-electron chi connectivity index (χ1n) is 5.64. The van der Waals surface area contributed by atoms with Gasteiger partial charge in [-0.1, -0.05) is 40.2 Å². The van der Waals surface area contributed by atoms with Crippen molar-refractivity contribution in [3.8, 4) is 0 Å². The maximum absolute atomic E-state index is 12.2. The topological polar surface area (TPSA) is 37.3 Å². The number of aliphatic hydroxyl groups excluding tert-OH is 1. The van der Waals surface area contributed by atoms with Crippen molar-refractivity contribution in [3.05, 3.63) is 56.6 Å². The molecule has 2 nitrogen and oxygen atoms in total. The number of halogens is 2. The van der Waals surface area contributed by atoms with Gasteiger partial charge in [-0.05, 0) is 39.2 Å². The fourth-order valence-corrected chi connectivity index (χ4v) is 3.51. The first-order valence-corrected chi connectivity index (χ1v) is 7.23. The molecular formula is C14H10Br2O2. The number of rotatable bonds is 0. The zero-order valence-corrected chi connectivity index (χ0v) is 12.5. The lowest BCUT2D eigenvalue weighted by Crippen LogP contribution is -2.37. The number of aliphatic hydroxyl groups is 1. The van der Waals surface area contributed by atoms with Crippen LogP contribution in [0.4, 0.5) is 0 Å². The highest BCUT2D eigenvalue weighted by Crippen LogP contribution is 2.44. The normalized spacial score (nSPS) is 33.9. The van der Waals surface area contributed by atoms with Crippen molar-refractivity contribution in [3.63, 3.8) is 0 Å². The fourth-order valence-electron chi connectivity index (χ4n) is 2.63. The minimum absolute atomic E-state index is 0.0306. The minimum Gasteiger partial charge on any atom is -0.387 e. The molecule has 3 aliphatic carbocycles. The Morgan fingerprint density at radius 3 is 2.72 bits per heavy atom. The van der Waals surface area contributed by atoms with E-state index >= 15 is 0 Å². The molecule has 0 fully saturated rings. The Hall–Kier alpha value is -0.710. The highest BCUT2D eigenvalue weighted by Gasteiger charge is 2.41. The van der Waals surface area contributed by atoms with Gasteiger partial charge in [0.25, 0.3) is 0 Å². The first kappa shape index (κ1) is 12.3. The van der Waals surface area contributed by atoms with Crippen molar-refractivity contribution in [1.82, 2.24) is 0 Å². The van der Waals surface area contributed by atoms with Crippen molar-refractivity contribution in [2.24, 2.45) is 11.8 Å². The summed E-state index contributed by atoms with van der Waals surface area (Å²) in [5, 5.41) is 10.2. The molecule has 0 saturated heterocycles. The molecule has 1 N–H and O–H groups in total. The van der Waals surface area contributed by atoms with E-state index in [1.165, 1.54) is 0 Å². The lowest BCUT2D eigenvalue weighted by Gasteiger charge is -2.36. The van der Waals surface area contributed by atoms with Crippen LogP contribution in [0.25, 0.3) is 0 Å². The molecule has 0 saturated carbocycles. The molecule has 0 spiro atoms. The van der Waals surface area contributed by atoms with E-state index in [1.807, 2.05) is 24.3 Å². The van der Waals surface area contributed by atoms with Gasteiger partial charge in [-0.25, -0.2) is 0 Å². The fraction of sp³-hybridized carbons (Fsp3) is 0.214. The highest BCUT2D eigenvalue weighted by atomic mass is 79.9. The molecule has 4 heteroatoms. The van der Waals surface area contributed by atoms with Gasteiger partial charge >= 0.3 is 0 Å². The van der Waals surface area contributed by atoms with E-state index in [0.717, 1.165) is 15.6 Å². The molecule has 0 aromatic rings. The minimum atomic E-state index is -0.802. The van der Waals surface area contributed by atoms with Crippen molar-refractivity contribution in [2.75, 3.05) is 0 Å². The smallest absolute Gasteiger partial charge is 0.166 e. The molecule has 0 aliphatic heterocycles. The second kappa shape index (κ2) is 4.44. The second-order valence-electron chi connectivity index (χ2n) is 4.53. The van der Waals surface area contributed by atoms with Gasteiger partial charge in [0.1, 0.15) is 6.10 Å². The molecule has 3 rings (SSSR count). The molecular weight excluding hydrogens is 360 g/mol. The van der Waals surface area contributed by atoms with Crippen molar-refractivity contribution in [2.45, 2.75) is 6.10 Å². The van der Waals surface area contributed by atoms with E-state index < -0.39 is 12.0 Å². The second-order valence-corrected chi connectivity index (χ2v) is 6.24. The first-order chi connectivity index (χ1) is 8.59. The van der Waals surface area contributed by atoms with Crippen LogP contribution >= 0.6 is 31.9 Å². The molecule has 18 heavy (non-hydrogen) atoms. The van der Waals surface area contributed by atoms with Crippen LogP contribution in [-0.4, -0.2) is 17.0 Å². The van der Waals surface area contributed by atoms with E-state index in [-0.39, 0.29) is 11.7 Å². The number of ketones is 1. The van der Waals surface area contributed by atoms with Crippen LogP contribution in [-0.2, 0) is 4.79 Å². The molecule has 0 aromatic heterocycles. The number of carbonyl (C=O) groups is 1. The van der Waals surface area contributed by atoms with Gasteiger partial charge in [-0.3, -0.25) is 4.79 Å². The summed E-state index contributed by atoms with van der Waals surface area (Å²) >= 11 is 6.75. The summed E-state index contributed by atoms with van der Waals surface area (Å²) in [6.45, 7) is 0. The van der Waals surface area contributed by atoms with E-state index in [9.17, 15) is 9.90 Å². The average molecular weight is 370 g/mol. The molecule has 3 atom stereocenters. The summed E-state index contributed by atoms with van der Waals surface area (Å²) in [6.07, 6.45) is 10.7. The van der Waals surface area contributed by atoms with Gasteiger partial charge in [0, 0.05) is 14.9 Å². The number of carbonyl (C=O) groups excluding carboxylic acids is 1. The Morgan fingerprint density at radius 1 is 1.17 bits per heavy atom. The Bertz CT molecular complexity index is 579.